The van der Waals surface area contributed by atoms with Crippen LogP contribution in [0.2, 0.25) is 0 Å². The van der Waals surface area contributed by atoms with E-state index in [0.717, 1.165) is 0 Å². The van der Waals surface area contributed by atoms with Crippen molar-refractivity contribution in [2.24, 2.45) is 0 Å². The summed E-state index contributed by atoms with van der Waals surface area (Å²) >= 11 is 0. The van der Waals surface area contributed by atoms with Crippen molar-refractivity contribution in [1.29, 1.82) is 0 Å². The van der Waals surface area contributed by atoms with Gasteiger partial charge in [-0.05, 0) is 24.3 Å². The molecule has 0 bridgehead atoms. The third kappa shape index (κ3) is 3.83. The van der Waals surface area contributed by atoms with Crippen LogP contribution in [0.1, 0.15) is 5.76 Å². The molecule has 1 aromatic carbocycles. The summed E-state index contributed by atoms with van der Waals surface area (Å²) in [6.45, 7) is 0.267. The van der Waals surface area contributed by atoms with Crippen LogP contribution in [0, 0.1) is 10.1 Å². The number of hydrogen-bond acceptors (Lipinski definition) is 8. The van der Waals surface area contributed by atoms with Gasteiger partial charge in [-0.2, -0.15) is 0 Å². The van der Waals surface area contributed by atoms with Crippen molar-refractivity contribution < 1.29 is 14.1 Å². The van der Waals surface area contributed by atoms with E-state index < -0.39 is 4.92 Å². The molecule has 0 saturated heterocycles. The van der Waals surface area contributed by atoms with Crippen LogP contribution in [0.25, 0.3) is 0 Å². The van der Waals surface area contributed by atoms with Gasteiger partial charge in [0.05, 0.1) is 24.8 Å². The minimum Gasteiger partial charge on any atom is -0.497 e. The summed E-state index contributed by atoms with van der Waals surface area (Å²) in [5.74, 6) is 1.44. The first-order valence-corrected chi connectivity index (χ1v) is 7.34. The van der Waals surface area contributed by atoms with Gasteiger partial charge in [0.2, 0.25) is 11.6 Å². The average Bonchev–Trinajstić information content (AvgIpc) is 3.13. The van der Waals surface area contributed by atoms with Crippen LogP contribution in [-0.4, -0.2) is 22.0 Å². The fourth-order valence-corrected chi connectivity index (χ4v) is 2.19. The molecule has 0 fully saturated rings. The summed E-state index contributed by atoms with van der Waals surface area (Å²) in [6.07, 6.45) is 2.78. The second-order valence-electron chi connectivity index (χ2n) is 4.97. The Kier molecular flexibility index (Phi) is 4.74. The molecule has 0 atom stereocenters. The lowest BCUT2D eigenvalue weighted by atomic mass is 10.3. The highest BCUT2D eigenvalue weighted by Crippen LogP contribution is 2.32. The lowest BCUT2D eigenvalue weighted by Gasteiger charge is -2.10. The van der Waals surface area contributed by atoms with E-state index in [0.29, 0.717) is 17.2 Å². The van der Waals surface area contributed by atoms with E-state index in [2.05, 4.69) is 20.6 Å². The predicted octanol–water partition coefficient (Wildman–Crippen LogP) is 3.34. The van der Waals surface area contributed by atoms with Gasteiger partial charge in [-0.25, -0.2) is 9.97 Å². The molecule has 0 aliphatic rings. The molecule has 3 rings (SSSR count). The van der Waals surface area contributed by atoms with Crippen LogP contribution in [0.4, 0.5) is 23.0 Å². The third-order valence-electron chi connectivity index (χ3n) is 3.35. The van der Waals surface area contributed by atoms with Crippen molar-refractivity contribution in [3.8, 4) is 5.75 Å². The van der Waals surface area contributed by atoms with E-state index >= 15 is 0 Å². The van der Waals surface area contributed by atoms with Gasteiger partial charge in [-0.15, -0.1) is 0 Å². The molecule has 3 aromatic rings. The molecule has 0 unspecified atom stereocenters. The summed E-state index contributed by atoms with van der Waals surface area (Å²) < 4.78 is 10.3. The summed E-state index contributed by atoms with van der Waals surface area (Å²) in [5, 5.41) is 17.3. The number of aromatic nitrogens is 2. The SMILES string of the molecule is COc1cccc(Nc2ncnc(NCc3ccco3)c2[N+](=O)[O-])c1. The molecule has 2 N–H and O–H groups in total. The van der Waals surface area contributed by atoms with Crippen LogP contribution in [0.5, 0.6) is 5.75 Å². The maximum Gasteiger partial charge on any atom is 0.353 e. The zero-order valence-electron chi connectivity index (χ0n) is 13.3. The van der Waals surface area contributed by atoms with E-state index in [9.17, 15) is 10.1 Å². The molecule has 0 amide bonds. The average molecular weight is 341 g/mol. The Balaban J connectivity index is 1.87. The van der Waals surface area contributed by atoms with Crippen molar-refractivity contribution in [2.45, 2.75) is 6.54 Å². The zero-order valence-corrected chi connectivity index (χ0v) is 13.3. The fraction of sp³-hybridized carbons (Fsp3) is 0.125. The van der Waals surface area contributed by atoms with Crippen molar-refractivity contribution >= 4 is 23.0 Å². The number of hydrogen-bond donors (Lipinski definition) is 2. The number of furan rings is 1. The number of benzene rings is 1. The van der Waals surface area contributed by atoms with E-state index in [-0.39, 0.29) is 23.9 Å². The van der Waals surface area contributed by atoms with Crippen LogP contribution in [-0.2, 0) is 6.54 Å². The molecular formula is C16H15N5O4. The van der Waals surface area contributed by atoms with E-state index in [4.69, 9.17) is 9.15 Å². The standard InChI is InChI=1S/C16H15N5O4/c1-24-12-5-2-4-11(8-12)20-16-14(21(22)23)15(18-10-19-16)17-9-13-6-3-7-25-13/h2-8,10H,9H2,1H3,(H2,17,18,19,20). The number of nitrogens with zero attached hydrogens (tertiary/aromatic N) is 3. The molecule has 25 heavy (non-hydrogen) atoms. The Morgan fingerprint density at radius 3 is 2.80 bits per heavy atom. The summed E-state index contributed by atoms with van der Waals surface area (Å²) in [4.78, 5) is 18.9. The summed E-state index contributed by atoms with van der Waals surface area (Å²) in [6, 6.07) is 10.5. The summed E-state index contributed by atoms with van der Waals surface area (Å²) in [5.41, 5.74) is 0.356. The van der Waals surface area contributed by atoms with Crippen molar-refractivity contribution in [2.75, 3.05) is 17.7 Å². The van der Waals surface area contributed by atoms with Crippen LogP contribution >= 0.6 is 0 Å². The Bertz CT molecular complexity index is 867. The molecule has 0 saturated carbocycles. The Hall–Kier alpha value is -3.62. The predicted molar refractivity (Wildman–Crippen MR) is 91.0 cm³/mol. The van der Waals surface area contributed by atoms with Gasteiger partial charge in [-0.1, -0.05) is 6.07 Å². The molecule has 9 heteroatoms. The number of methoxy groups -OCH3 is 1. The minimum absolute atomic E-state index is 0.0789. The highest BCUT2D eigenvalue weighted by molar-refractivity contribution is 5.74. The van der Waals surface area contributed by atoms with Crippen molar-refractivity contribution in [3.63, 3.8) is 0 Å². The van der Waals surface area contributed by atoms with Gasteiger partial charge in [0.25, 0.3) is 0 Å². The van der Waals surface area contributed by atoms with Crippen molar-refractivity contribution in [1.82, 2.24) is 9.97 Å². The van der Waals surface area contributed by atoms with Gasteiger partial charge < -0.3 is 19.8 Å². The topological polar surface area (TPSA) is 115 Å². The van der Waals surface area contributed by atoms with Gasteiger partial charge in [0.15, 0.2) is 0 Å². The molecule has 0 spiro atoms. The number of nitrogens with one attached hydrogen (secondary N) is 2. The van der Waals surface area contributed by atoms with Crippen LogP contribution in [0.3, 0.4) is 0 Å². The molecule has 2 aromatic heterocycles. The molecule has 9 nitrogen and oxygen atoms in total. The first kappa shape index (κ1) is 16.2. The van der Waals surface area contributed by atoms with Gasteiger partial charge in [-0.3, -0.25) is 10.1 Å². The maximum atomic E-state index is 11.5. The van der Waals surface area contributed by atoms with Gasteiger partial charge in [0.1, 0.15) is 17.8 Å². The number of nitro groups is 1. The molecule has 2 heterocycles. The lowest BCUT2D eigenvalue weighted by Crippen LogP contribution is -2.08. The normalized spacial score (nSPS) is 10.3. The van der Waals surface area contributed by atoms with E-state index in [1.165, 1.54) is 12.6 Å². The third-order valence-corrected chi connectivity index (χ3v) is 3.35. The van der Waals surface area contributed by atoms with Crippen LogP contribution in [0.15, 0.2) is 53.4 Å². The monoisotopic (exact) mass is 341 g/mol. The lowest BCUT2D eigenvalue weighted by molar-refractivity contribution is -0.383. The minimum atomic E-state index is -0.535. The Morgan fingerprint density at radius 1 is 1.24 bits per heavy atom. The fourth-order valence-electron chi connectivity index (χ4n) is 2.19. The zero-order chi connectivity index (χ0) is 17.6. The molecular weight excluding hydrogens is 326 g/mol. The molecule has 0 aliphatic heterocycles. The largest absolute Gasteiger partial charge is 0.497 e. The van der Waals surface area contributed by atoms with Gasteiger partial charge >= 0.3 is 5.69 Å². The Labute approximate surface area is 142 Å². The highest BCUT2D eigenvalue weighted by atomic mass is 16.6. The number of rotatable bonds is 7. The second-order valence-corrected chi connectivity index (χ2v) is 4.97. The van der Waals surface area contributed by atoms with Gasteiger partial charge in [0, 0.05) is 11.8 Å². The number of ether oxygens (including phenoxy) is 1. The molecule has 128 valence electrons. The van der Waals surface area contributed by atoms with Crippen molar-refractivity contribution in [3.05, 3.63) is 64.9 Å². The van der Waals surface area contributed by atoms with E-state index in [1.807, 2.05) is 0 Å². The second kappa shape index (κ2) is 7.30. The first-order chi connectivity index (χ1) is 12.2. The first-order valence-electron chi connectivity index (χ1n) is 7.34. The number of anilines is 3. The molecule has 0 aliphatic carbocycles. The smallest absolute Gasteiger partial charge is 0.353 e. The van der Waals surface area contributed by atoms with E-state index in [1.54, 1.807) is 43.5 Å². The quantitative estimate of drug-likeness (QED) is 0.496. The molecule has 0 radical (unpaired) electrons. The summed E-state index contributed by atoms with van der Waals surface area (Å²) in [7, 11) is 1.54. The highest BCUT2D eigenvalue weighted by Gasteiger charge is 2.23. The van der Waals surface area contributed by atoms with Crippen LogP contribution < -0.4 is 15.4 Å². The Morgan fingerprint density at radius 2 is 2.08 bits per heavy atom. The maximum absolute atomic E-state index is 11.5.